The summed E-state index contributed by atoms with van der Waals surface area (Å²) < 4.78 is 32.8. The molecule has 2 heterocycles. The second kappa shape index (κ2) is 7.33. The standard InChI is InChI=1S/C19H19ClN4O4S/c1-11-7-12-10-21-23-18(12)17(8-11)29(26,27)24-6-5-15(24)19(25)22-13-3-4-16(28-2)14(20)9-13/h3-4,7-10,15H,5-6H2,1-2H3,(H,21,23)(H,22,25). The molecule has 1 fully saturated rings. The molecule has 0 aliphatic carbocycles. The zero-order valence-electron chi connectivity index (χ0n) is 15.8. The first-order valence-electron chi connectivity index (χ1n) is 8.91. The van der Waals surface area contributed by atoms with Crippen LogP contribution in [-0.2, 0) is 14.8 Å². The number of sulfonamides is 1. The van der Waals surface area contributed by atoms with Gasteiger partial charge in [-0.2, -0.15) is 9.40 Å². The number of carbonyl (C=O) groups is 1. The van der Waals surface area contributed by atoms with Gasteiger partial charge in [0.25, 0.3) is 0 Å². The summed E-state index contributed by atoms with van der Waals surface area (Å²) in [5.74, 6) is 0.0788. The Labute approximate surface area is 172 Å². The number of aromatic nitrogens is 2. The van der Waals surface area contributed by atoms with Crippen LogP contribution < -0.4 is 10.1 Å². The van der Waals surface area contributed by atoms with E-state index in [1.54, 1.807) is 30.5 Å². The number of aromatic amines is 1. The molecule has 3 aromatic rings. The fourth-order valence-corrected chi connectivity index (χ4v) is 5.53. The highest BCUT2D eigenvalue weighted by molar-refractivity contribution is 7.89. The van der Waals surface area contributed by atoms with Gasteiger partial charge >= 0.3 is 0 Å². The number of amides is 1. The molecule has 1 aliphatic heterocycles. The smallest absolute Gasteiger partial charge is 0.245 e. The Kier molecular flexibility index (Phi) is 4.97. The van der Waals surface area contributed by atoms with E-state index in [1.165, 1.54) is 11.4 Å². The van der Waals surface area contributed by atoms with Gasteiger partial charge in [-0.3, -0.25) is 9.89 Å². The van der Waals surface area contributed by atoms with Crippen LogP contribution >= 0.6 is 11.6 Å². The third-order valence-corrected chi connectivity index (χ3v) is 7.16. The number of anilines is 1. The van der Waals surface area contributed by atoms with E-state index in [0.29, 0.717) is 33.8 Å². The Bertz CT molecular complexity index is 1210. The van der Waals surface area contributed by atoms with Gasteiger partial charge in [-0.1, -0.05) is 11.6 Å². The first-order chi connectivity index (χ1) is 13.8. The summed E-state index contributed by atoms with van der Waals surface area (Å²) in [6.45, 7) is 2.09. The molecule has 1 saturated heterocycles. The fourth-order valence-electron chi connectivity index (χ4n) is 3.38. The van der Waals surface area contributed by atoms with E-state index in [1.807, 2.05) is 13.0 Å². The maximum Gasteiger partial charge on any atom is 0.245 e. The molecule has 1 aromatic heterocycles. The van der Waals surface area contributed by atoms with E-state index in [4.69, 9.17) is 16.3 Å². The number of nitrogens with one attached hydrogen (secondary N) is 2. The Hall–Kier alpha value is -2.62. The molecule has 4 rings (SSSR count). The lowest BCUT2D eigenvalue weighted by atomic mass is 10.1. The first-order valence-corrected chi connectivity index (χ1v) is 10.7. The first kappa shape index (κ1) is 19.7. The van der Waals surface area contributed by atoms with Crippen molar-refractivity contribution in [2.75, 3.05) is 19.0 Å². The minimum Gasteiger partial charge on any atom is -0.495 e. The summed E-state index contributed by atoms with van der Waals surface area (Å²) in [6, 6.07) is 7.49. The molecule has 1 atom stereocenters. The maximum absolute atomic E-state index is 13.2. The lowest BCUT2D eigenvalue weighted by Crippen LogP contribution is -2.56. The molecule has 2 N–H and O–H groups in total. The lowest BCUT2D eigenvalue weighted by Gasteiger charge is -2.38. The second-order valence-electron chi connectivity index (χ2n) is 6.86. The quantitative estimate of drug-likeness (QED) is 0.642. The number of hydrogen-bond acceptors (Lipinski definition) is 5. The van der Waals surface area contributed by atoms with Crippen LogP contribution in [0.2, 0.25) is 5.02 Å². The maximum atomic E-state index is 13.2. The summed E-state index contributed by atoms with van der Waals surface area (Å²) in [5, 5.41) is 10.5. The summed E-state index contributed by atoms with van der Waals surface area (Å²) in [4.78, 5) is 12.8. The van der Waals surface area contributed by atoms with E-state index >= 15 is 0 Å². The highest BCUT2D eigenvalue weighted by atomic mass is 35.5. The molecule has 1 aliphatic rings. The number of H-pyrrole nitrogens is 1. The predicted molar refractivity (Wildman–Crippen MR) is 110 cm³/mol. The van der Waals surface area contributed by atoms with Crippen LogP contribution in [0.15, 0.2) is 41.4 Å². The number of fused-ring (bicyclic) bond motifs is 1. The monoisotopic (exact) mass is 434 g/mol. The van der Waals surface area contributed by atoms with Gasteiger partial charge < -0.3 is 10.1 Å². The summed E-state index contributed by atoms with van der Waals surface area (Å²) in [5.41, 5.74) is 1.70. The summed E-state index contributed by atoms with van der Waals surface area (Å²) in [7, 11) is -2.37. The number of carbonyl (C=O) groups excluding carboxylic acids is 1. The molecule has 10 heteroatoms. The molecule has 0 spiro atoms. The molecule has 2 aromatic carbocycles. The number of benzene rings is 2. The number of aryl methyl sites for hydroxylation is 1. The van der Waals surface area contributed by atoms with Crippen LogP contribution in [0.5, 0.6) is 5.75 Å². The zero-order valence-corrected chi connectivity index (χ0v) is 17.3. The fraction of sp³-hybridized carbons (Fsp3) is 0.263. The largest absolute Gasteiger partial charge is 0.495 e. The van der Waals surface area contributed by atoms with Crippen molar-refractivity contribution in [3.05, 3.63) is 47.1 Å². The number of hydrogen-bond donors (Lipinski definition) is 2. The summed E-state index contributed by atoms with van der Waals surface area (Å²) in [6.07, 6.45) is 2.02. The van der Waals surface area contributed by atoms with Crippen molar-refractivity contribution in [3.63, 3.8) is 0 Å². The van der Waals surface area contributed by atoms with E-state index in [9.17, 15) is 13.2 Å². The van der Waals surface area contributed by atoms with Crippen molar-refractivity contribution in [3.8, 4) is 5.75 Å². The molecule has 1 unspecified atom stereocenters. The van der Waals surface area contributed by atoms with Gasteiger partial charge in [0.1, 0.15) is 16.7 Å². The van der Waals surface area contributed by atoms with Crippen LogP contribution in [0.3, 0.4) is 0 Å². The van der Waals surface area contributed by atoms with Gasteiger partial charge in [0.15, 0.2) is 0 Å². The molecule has 29 heavy (non-hydrogen) atoms. The SMILES string of the molecule is COc1ccc(NC(=O)C2CCN2S(=O)(=O)c2cc(C)cc3cn[nH]c23)cc1Cl. The highest BCUT2D eigenvalue weighted by Crippen LogP contribution is 2.33. The van der Waals surface area contributed by atoms with Gasteiger partial charge in [-0.05, 0) is 49.2 Å². The highest BCUT2D eigenvalue weighted by Gasteiger charge is 2.43. The Morgan fingerprint density at radius 1 is 1.34 bits per heavy atom. The van der Waals surface area contributed by atoms with Gasteiger partial charge in [-0.25, -0.2) is 8.42 Å². The Morgan fingerprint density at radius 2 is 2.14 bits per heavy atom. The molecule has 0 saturated carbocycles. The molecule has 152 valence electrons. The molecule has 1 amide bonds. The average molecular weight is 435 g/mol. The molecule has 8 nitrogen and oxygen atoms in total. The Balaban J connectivity index is 1.59. The molecule has 0 radical (unpaired) electrons. The van der Waals surface area contributed by atoms with Crippen LogP contribution in [0.4, 0.5) is 5.69 Å². The normalized spacial score (nSPS) is 17.1. The van der Waals surface area contributed by atoms with Gasteiger partial charge in [-0.15, -0.1) is 0 Å². The second-order valence-corrected chi connectivity index (χ2v) is 9.12. The lowest BCUT2D eigenvalue weighted by molar-refractivity contribution is -0.122. The van der Waals surface area contributed by atoms with Crippen LogP contribution in [0.25, 0.3) is 10.9 Å². The third kappa shape index (κ3) is 3.45. The van der Waals surface area contributed by atoms with Crippen LogP contribution in [-0.4, -0.2) is 48.5 Å². The minimum absolute atomic E-state index is 0.120. The van der Waals surface area contributed by atoms with E-state index in [0.717, 1.165) is 5.56 Å². The van der Waals surface area contributed by atoms with Gasteiger partial charge in [0.2, 0.25) is 15.9 Å². The van der Waals surface area contributed by atoms with Gasteiger partial charge in [0, 0.05) is 17.6 Å². The Morgan fingerprint density at radius 3 is 2.79 bits per heavy atom. The number of rotatable bonds is 5. The molecular weight excluding hydrogens is 416 g/mol. The van der Waals surface area contributed by atoms with E-state index < -0.39 is 22.0 Å². The van der Waals surface area contributed by atoms with Gasteiger partial charge in [0.05, 0.1) is 23.8 Å². The molecular formula is C19H19ClN4O4S. The number of nitrogens with zero attached hydrogens (tertiary/aromatic N) is 2. The minimum atomic E-state index is -3.87. The zero-order chi connectivity index (χ0) is 20.8. The van der Waals surface area contributed by atoms with Crippen molar-refractivity contribution in [2.24, 2.45) is 0 Å². The number of methoxy groups -OCH3 is 1. The van der Waals surface area contributed by atoms with Crippen LogP contribution in [0, 0.1) is 6.92 Å². The van der Waals surface area contributed by atoms with E-state index in [2.05, 4.69) is 15.5 Å². The van der Waals surface area contributed by atoms with Crippen LogP contribution in [0.1, 0.15) is 12.0 Å². The van der Waals surface area contributed by atoms with Crippen molar-refractivity contribution in [2.45, 2.75) is 24.3 Å². The van der Waals surface area contributed by atoms with Crippen molar-refractivity contribution in [1.82, 2.24) is 14.5 Å². The third-order valence-electron chi connectivity index (χ3n) is 4.94. The summed E-state index contributed by atoms with van der Waals surface area (Å²) >= 11 is 6.09. The van der Waals surface area contributed by atoms with Crippen molar-refractivity contribution in [1.29, 1.82) is 0 Å². The van der Waals surface area contributed by atoms with E-state index in [-0.39, 0.29) is 11.4 Å². The topological polar surface area (TPSA) is 104 Å². The molecule has 0 bridgehead atoms. The average Bonchev–Trinajstić information content (AvgIpc) is 3.07. The van der Waals surface area contributed by atoms with Crippen molar-refractivity contribution >= 4 is 44.1 Å². The number of ether oxygens (including phenoxy) is 1. The predicted octanol–water partition coefficient (Wildman–Crippen LogP) is 2.94. The van der Waals surface area contributed by atoms with Crippen molar-refractivity contribution < 1.29 is 17.9 Å². The number of halogens is 1.